The first-order chi connectivity index (χ1) is 23.9. The largest absolute Gasteiger partial charge is 0.462 e. The van der Waals surface area contributed by atoms with Crippen molar-refractivity contribution in [3.63, 3.8) is 0 Å². The quantitative estimate of drug-likeness (QED) is 0.0744. The second kappa shape index (κ2) is 19.2. The molecule has 4 rings (SSSR count). The third kappa shape index (κ3) is 10.6. The number of hydrogen-bond acceptors (Lipinski definition) is 2. The summed E-state index contributed by atoms with van der Waals surface area (Å²) in [6, 6.07) is 0.694. The van der Waals surface area contributed by atoms with Crippen molar-refractivity contribution >= 4 is 5.97 Å². The molecule has 0 aromatic rings. The van der Waals surface area contributed by atoms with Crippen LogP contribution < -0.4 is 0 Å². The van der Waals surface area contributed by atoms with E-state index in [1.807, 2.05) is 0 Å². The number of allylic oxidation sites excluding steroid dienone is 5. The third-order valence-electron chi connectivity index (χ3n) is 13.4. The van der Waals surface area contributed by atoms with E-state index in [1.165, 1.54) is 83.5 Å². The number of unbranched alkanes of at least 4 members (excludes halogenated alkanes) is 8. The van der Waals surface area contributed by atoms with E-state index in [1.54, 1.807) is 0 Å². The zero-order valence-electron chi connectivity index (χ0n) is 34.7. The summed E-state index contributed by atoms with van der Waals surface area (Å²) < 4.78 is 33.6. The molecule has 0 N–H and O–H groups in total. The van der Waals surface area contributed by atoms with Crippen molar-refractivity contribution in [2.75, 3.05) is 0 Å². The number of ether oxygens (including phenoxy) is 1. The van der Waals surface area contributed by atoms with E-state index >= 15 is 0 Å². The Morgan fingerprint density at radius 3 is 2.40 bits per heavy atom. The lowest BCUT2D eigenvalue weighted by Crippen LogP contribution is -2.51. The molecule has 0 saturated heterocycles. The van der Waals surface area contributed by atoms with Gasteiger partial charge in [0, 0.05) is 14.2 Å². The average Bonchev–Trinajstić information content (AvgIpc) is 3.41. The summed E-state index contributed by atoms with van der Waals surface area (Å²) in [6.07, 6.45) is 30.2. The maximum atomic E-state index is 13.0. The summed E-state index contributed by atoms with van der Waals surface area (Å²) in [4.78, 5) is 13.0. The zero-order valence-corrected chi connectivity index (χ0v) is 31.7. The molecule has 0 spiro atoms. The van der Waals surface area contributed by atoms with E-state index in [-0.39, 0.29) is 17.8 Å². The van der Waals surface area contributed by atoms with Crippen molar-refractivity contribution in [3.8, 4) is 0 Å². The van der Waals surface area contributed by atoms with Crippen molar-refractivity contribution in [1.82, 2.24) is 0 Å². The van der Waals surface area contributed by atoms with Crippen molar-refractivity contribution < 1.29 is 13.6 Å². The van der Waals surface area contributed by atoms with Gasteiger partial charge in [0.15, 0.2) is 0 Å². The van der Waals surface area contributed by atoms with Crippen LogP contribution in [0.15, 0.2) is 35.9 Å². The van der Waals surface area contributed by atoms with Gasteiger partial charge in [-0.05, 0) is 130 Å². The molecule has 47 heavy (non-hydrogen) atoms. The Balaban J connectivity index is 1.23. The van der Waals surface area contributed by atoms with Crippen molar-refractivity contribution in [2.45, 2.75) is 195 Å². The van der Waals surface area contributed by atoms with Crippen LogP contribution in [0.25, 0.3) is 0 Å². The predicted molar refractivity (Wildman–Crippen MR) is 202 cm³/mol. The first kappa shape index (κ1) is 34.2. The number of hydrogen-bond donors (Lipinski definition) is 0. The summed E-state index contributed by atoms with van der Waals surface area (Å²) in [6.45, 7) is 14.3. The Hall–Kier alpha value is -1.31. The molecule has 0 aromatic carbocycles. The smallest absolute Gasteiger partial charge is 0.306 e. The summed E-state index contributed by atoms with van der Waals surface area (Å²) in [5.74, 6) is 3.63. The van der Waals surface area contributed by atoms with Crippen LogP contribution in [-0.4, -0.2) is 12.0 Å². The second-order valence-electron chi connectivity index (χ2n) is 17.2. The number of carbonyl (C=O) groups is 1. The maximum Gasteiger partial charge on any atom is 0.306 e. The van der Waals surface area contributed by atoms with Gasteiger partial charge in [0.1, 0.15) is 6.08 Å². The van der Waals surface area contributed by atoms with E-state index < -0.39 is 12.5 Å². The van der Waals surface area contributed by atoms with Gasteiger partial charge < -0.3 is 4.74 Å². The lowest BCUT2D eigenvalue weighted by molar-refractivity contribution is -0.151. The molecule has 2 heteroatoms. The number of carbonyl (C=O) groups excluding carboxylic acids is 1. The Morgan fingerprint density at radius 1 is 0.936 bits per heavy atom. The molecule has 3 fully saturated rings. The Morgan fingerprint density at radius 2 is 1.66 bits per heavy atom. The molecule has 0 aliphatic heterocycles. The Labute approximate surface area is 296 Å². The minimum absolute atomic E-state index is 0.230. The zero-order chi connectivity index (χ0) is 36.4. The van der Waals surface area contributed by atoms with Crippen LogP contribution in [0.3, 0.4) is 0 Å². The first-order valence-corrected chi connectivity index (χ1v) is 20.5. The highest BCUT2D eigenvalue weighted by atomic mass is 16.5. The van der Waals surface area contributed by atoms with E-state index in [0.717, 1.165) is 61.9 Å². The molecule has 2 nitrogen and oxygen atoms in total. The third-order valence-corrected chi connectivity index (χ3v) is 13.4. The molecular formula is C45H76O2. The fourth-order valence-electron chi connectivity index (χ4n) is 10.5. The fourth-order valence-corrected chi connectivity index (χ4v) is 10.5. The topological polar surface area (TPSA) is 26.3 Å². The molecule has 0 unspecified atom stereocenters. The molecule has 4 aliphatic rings. The van der Waals surface area contributed by atoms with Crippen LogP contribution in [0.4, 0.5) is 0 Å². The van der Waals surface area contributed by atoms with Gasteiger partial charge in [-0.1, -0.05) is 129 Å². The molecule has 9 atom stereocenters. The highest BCUT2D eigenvalue weighted by Crippen LogP contribution is 2.67. The monoisotopic (exact) mass is 652 g/mol. The van der Waals surface area contributed by atoms with Gasteiger partial charge in [-0.3, -0.25) is 4.79 Å². The van der Waals surface area contributed by atoms with Crippen molar-refractivity contribution in [3.05, 3.63) is 35.9 Å². The van der Waals surface area contributed by atoms with Crippen molar-refractivity contribution in [1.29, 1.82) is 0 Å². The molecule has 268 valence electrons. The molecule has 0 amide bonds. The van der Waals surface area contributed by atoms with Gasteiger partial charge in [0.25, 0.3) is 0 Å². The van der Waals surface area contributed by atoms with Gasteiger partial charge in [0.2, 0.25) is 0 Å². The molecule has 0 bridgehead atoms. The summed E-state index contributed by atoms with van der Waals surface area (Å²) >= 11 is 0. The van der Waals surface area contributed by atoms with E-state index in [4.69, 9.17) is 6.11 Å². The van der Waals surface area contributed by atoms with Gasteiger partial charge in [0.05, 0.1) is 2.74 Å². The minimum atomic E-state index is -1.57. The molecule has 0 aromatic heterocycles. The number of rotatable bonds is 20. The molecular weight excluding hydrogens is 572 g/mol. The second-order valence-corrected chi connectivity index (χ2v) is 17.2. The van der Waals surface area contributed by atoms with Crippen molar-refractivity contribution in [2.24, 2.45) is 46.3 Å². The highest BCUT2D eigenvalue weighted by molar-refractivity contribution is 5.69. The van der Waals surface area contributed by atoms with Crippen LogP contribution >= 0.6 is 0 Å². The maximum absolute atomic E-state index is 13.0. The first-order valence-electron chi connectivity index (χ1n) is 22.1. The molecule has 0 heterocycles. The lowest BCUT2D eigenvalue weighted by atomic mass is 9.47. The minimum Gasteiger partial charge on any atom is -0.462 e. The van der Waals surface area contributed by atoms with Crippen LogP contribution in [-0.2, 0) is 9.53 Å². The Kier molecular flexibility index (Phi) is 13.9. The normalized spacial score (nSPS) is 37.0. The van der Waals surface area contributed by atoms with Crippen LogP contribution in [0.2, 0.25) is 0 Å². The fraction of sp³-hybridized carbons (Fsp3) is 0.844. The highest BCUT2D eigenvalue weighted by Gasteiger charge is 2.59. The van der Waals surface area contributed by atoms with Gasteiger partial charge in [-0.2, -0.15) is 0 Å². The van der Waals surface area contributed by atoms with Gasteiger partial charge in [-0.15, -0.1) is 0 Å². The van der Waals surface area contributed by atoms with Crippen LogP contribution in [0, 0.1) is 46.3 Å². The molecule has 0 radical (unpaired) electrons. The van der Waals surface area contributed by atoms with E-state index in [0.29, 0.717) is 42.1 Å². The molecule has 3 saturated carbocycles. The summed E-state index contributed by atoms with van der Waals surface area (Å²) in [5.41, 5.74) is 1.16. The average molecular weight is 652 g/mol. The van der Waals surface area contributed by atoms with Gasteiger partial charge >= 0.3 is 5.97 Å². The van der Waals surface area contributed by atoms with E-state index in [2.05, 4.69) is 65.8 Å². The van der Waals surface area contributed by atoms with E-state index in [9.17, 15) is 7.54 Å². The lowest BCUT2D eigenvalue weighted by Gasteiger charge is -2.58. The predicted octanol–water partition coefficient (Wildman–Crippen LogP) is 13.8. The summed E-state index contributed by atoms with van der Waals surface area (Å²) in [7, 11) is 0. The standard InChI is InChI=1S/C45H76O2/c1-7-8-9-10-11-12-13-14-15-16-17-18-19-20-21-25-43(46)47-38-30-32-44(5)37(34-38)26-27-39-41-29-28-40(36(4)24-22-23-35(2)3)45(41,6)33-31-42(39)44/h11-12,14-15,26,35-36,38-42H,7-10,13,16-25,27-34H2,1-6H3/b12-11-,15-14-/t36-,38+,39+,40-,41+,42+,44+,45-/m1/s1/i26D,30D,38D/t30-,36+,38-,39-,40+,41-,42-,44-,45+/m0. The summed E-state index contributed by atoms with van der Waals surface area (Å²) in [5, 5.41) is 0. The van der Waals surface area contributed by atoms with Gasteiger partial charge in [-0.25, -0.2) is 0 Å². The molecule has 4 aliphatic carbocycles. The SMILES string of the molecule is [2H]C1=C2C[C@@]([2H])(OC(=O)CCCCCCC/C=C\C/C=C\CCCCC)[C@@H]([2H])C[C@]2(C)[C@H]2CC[C@]3(C)[C@@H]([C@H](C)CCCC(C)C)CC[C@H]3[C@@H]2C1. The van der Waals surface area contributed by atoms with Crippen LogP contribution in [0.5, 0.6) is 0 Å². The number of esters is 1. The number of fused-ring (bicyclic) bond motifs is 5. The van der Waals surface area contributed by atoms with Crippen LogP contribution in [0.1, 0.15) is 193 Å². The Bertz CT molecular complexity index is 1160.